The number of benzene rings is 1. The predicted molar refractivity (Wildman–Crippen MR) is 87.0 cm³/mol. The second-order valence-corrected chi connectivity index (χ2v) is 6.87. The summed E-state index contributed by atoms with van der Waals surface area (Å²) in [5.41, 5.74) is 1.64. The summed E-state index contributed by atoms with van der Waals surface area (Å²) in [6.07, 6.45) is 3.60. The van der Waals surface area contributed by atoms with Gasteiger partial charge in [-0.2, -0.15) is 0 Å². The molecule has 2 fully saturated rings. The molecule has 1 saturated heterocycles. The summed E-state index contributed by atoms with van der Waals surface area (Å²) in [6, 6.07) is 8.34. The van der Waals surface area contributed by atoms with Crippen molar-refractivity contribution in [1.82, 2.24) is 9.80 Å². The van der Waals surface area contributed by atoms with Gasteiger partial charge in [0, 0.05) is 32.7 Å². The van der Waals surface area contributed by atoms with Gasteiger partial charge in [-0.3, -0.25) is 9.69 Å². The lowest BCUT2D eigenvalue weighted by molar-refractivity contribution is -0.143. The molecule has 1 saturated carbocycles. The van der Waals surface area contributed by atoms with Crippen molar-refractivity contribution in [3.8, 4) is 0 Å². The summed E-state index contributed by atoms with van der Waals surface area (Å²) in [6.45, 7) is 5.43. The van der Waals surface area contributed by atoms with Crippen LogP contribution < -0.4 is 0 Å². The highest BCUT2D eigenvalue weighted by Gasteiger charge is 2.42. The maximum Gasteiger partial charge on any atom is 0.314 e. The number of nitrogens with zero attached hydrogens (tertiary/aromatic N) is 2. The van der Waals surface area contributed by atoms with Gasteiger partial charge in [0.1, 0.15) is 0 Å². The molecule has 0 unspecified atom stereocenters. The zero-order valence-electron chi connectivity index (χ0n) is 13.4. The average Bonchev–Trinajstić information content (AvgIpc) is 3.01. The van der Waals surface area contributed by atoms with Crippen LogP contribution in [0, 0.1) is 0 Å². The van der Waals surface area contributed by atoms with Crippen LogP contribution in [0.4, 0.5) is 0 Å². The van der Waals surface area contributed by atoms with Gasteiger partial charge in [-0.25, -0.2) is 0 Å². The van der Waals surface area contributed by atoms with Crippen LogP contribution in [-0.2, 0) is 16.8 Å². The van der Waals surface area contributed by atoms with Crippen molar-refractivity contribution in [1.29, 1.82) is 0 Å². The zero-order chi connectivity index (χ0) is 15.6. The third-order valence-electron chi connectivity index (χ3n) is 5.38. The molecule has 0 bridgehead atoms. The molecular formula is C18H26N2O2. The summed E-state index contributed by atoms with van der Waals surface area (Å²) < 4.78 is 0. The highest BCUT2D eigenvalue weighted by molar-refractivity contribution is 5.81. The Morgan fingerprint density at radius 1 is 1.09 bits per heavy atom. The van der Waals surface area contributed by atoms with Crippen molar-refractivity contribution in [2.24, 2.45) is 0 Å². The number of carbonyl (C=O) groups is 1. The Hall–Kier alpha value is -1.39. The average molecular weight is 302 g/mol. The van der Waals surface area contributed by atoms with Gasteiger partial charge in [0.15, 0.2) is 0 Å². The Balaban J connectivity index is 1.68. The highest BCUT2D eigenvalue weighted by atomic mass is 16.4. The molecule has 0 spiro atoms. The first kappa shape index (κ1) is 15.5. The van der Waals surface area contributed by atoms with Crippen molar-refractivity contribution in [3.05, 3.63) is 35.4 Å². The van der Waals surface area contributed by atoms with E-state index in [1.54, 1.807) is 0 Å². The van der Waals surface area contributed by atoms with Gasteiger partial charge in [0.25, 0.3) is 0 Å². The first-order valence-corrected chi connectivity index (χ1v) is 8.34. The Bertz CT molecular complexity index is 512. The van der Waals surface area contributed by atoms with E-state index in [9.17, 15) is 9.90 Å². The first-order chi connectivity index (χ1) is 10.6. The molecule has 0 radical (unpaired) electrons. The molecule has 1 aromatic rings. The first-order valence-electron chi connectivity index (χ1n) is 8.34. The van der Waals surface area contributed by atoms with Crippen molar-refractivity contribution in [2.75, 3.05) is 33.2 Å². The lowest BCUT2D eigenvalue weighted by Gasteiger charge is -2.32. The van der Waals surface area contributed by atoms with Gasteiger partial charge < -0.3 is 10.0 Å². The van der Waals surface area contributed by atoms with Gasteiger partial charge in [-0.05, 0) is 31.0 Å². The number of hydrogen-bond acceptors (Lipinski definition) is 3. The number of hydrogen-bond donors (Lipinski definition) is 1. The molecule has 4 heteroatoms. The smallest absolute Gasteiger partial charge is 0.314 e. The van der Waals surface area contributed by atoms with Crippen LogP contribution in [0.5, 0.6) is 0 Å². The van der Waals surface area contributed by atoms with E-state index in [0.717, 1.165) is 64.0 Å². The molecule has 0 aromatic heterocycles. The third-order valence-corrected chi connectivity index (χ3v) is 5.38. The standard InChI is InChI=1S/C18H26N2O2/c1-19-10-12-20(13-11-19)14-15-4-6-16(7-5-15)18(17(21)22)8-2-3-9-18/h4-7H,2-3,8-14H2,1H3,(H,21,22). The molecule has 1 N–H and O–H groups in total. The number of piperazine rings is 1. The Morgan fingerprint density at radius 3 is 2.23 bits per heavy atom. The molecule has 1 aromatic carbocycles. The molecule has 1 heterocycles. The van der Waals surface area contributed by atoms with E-state index in [2.05, 4.69) is 29.0 Å². The monoisotopic (exact) mass is 302 g/mol. The topological polar surface area (TPSA) is 43.8 Å². The van der Waals surface area contributed by atoms with Crippen LogP contribution in [0.3, 0.4) is 0 Å². The van der Waals surface area contributed by atoms with E-state index in [1.165, 1.54) is 5.56 Å². The van der Waals surface area contributed by atoms with E-state index in [4.69, 9.17) is 0 Å². The Labute approximate surface area is 132 Å². The third kappa shape index (κ3) is 3.03. The van der Waals surface area contributed by atoms with Crippen molar-refractivity contribution in [3.63, 3.8) is 0 Å². The van der Waals surface area contributed by atoms with Gasteiger partial charge >= 0.3 is 5.97 Å². The van der Waals surface area contributed by atoms with E-state index in [1.807, 2.05) is 12.1 Å². The Kier molecular flexibility index (Phi) is 4.50. The molecule has 120 valence electrons. The van der Waals surface area contributed by atoms with Gasteiger partial charge in [-0.1, -0.05) is 37.1 Å². The minimum atomic E-state index is -0.656. The Morgan fingerprint density at radius 2 is 1.68 bits per heavy atom. The minimum absolute atomic E-state index is 0.633. The number of likely N-dealkylation sites (N-methyl/N-ethyl adjacent to an activating group) is 1. The van der Waals surface area contributed by atoms with Gasteiger partial charge in [0.2, 0.25) is 0 Å². The fraction of sp³-hybridized carbons (Fsp3) is 0.611. The van der Waals surface area contributed by atoms with E-state index < -0.39 is 11.4 Å². The van der Waals surface area contributed by atoms with Gasteiger partial charge in [0.05, 0.1) is 5.41 Å². The lowest BCUT2D eigenvalue weighted by atomic mass is 9.79. The molecule has 2 aliphatic rings. The largest absolute Gasteiger partial charge is 0.481 e. The second kappa shape index (κ2) is 6.39. The van der Waals surface area contributed by atoms with Gasteiger partial charge in [-0.15, -0.1) is 0 Å². The summed E-state index contributed by atoms with van der Waals surface area (Å²) >= 11 is 0. The maximum absolute atomic E-state index is 11.7. The fourth-order valence-electron chi connectivity index (χ4n) is 3.80. The summed E-state index contributed by atoms with van der Waals surface area (Å²) in [4.78, 5) is 16.6. The quantitative estimate of drug-likeness (QED) is 0.927. The normalized spacial score (nSPS) is 22.8. The molecule has 1 aliphatic carbocycles. The van der Waals surface area contributed by atoms with E-state index in [-0.39, 0.29) is 0 Å². The number of aliphatic carboxylic acids is 1. The minimum Gasteiger partial charge on any atom is -0.481 e. The molecule has 22 heavy (non-hydrogen) atoms. The summed E-state index contributed by atoms with van der Waals surface area (Å²) in [7, 11) is 2.17. The van der Waals surface area contributed by atoms with E-state index in [0.29, 0.717) is 0 Å². The molecule has 0 amide bonds. The fourth-order valence-corrected chi connectivity index (χ4v) is 3.80. The molecule has 4 nitrogen and oxygen atoms in total. The van der Waals surface area contributed by atoms with Crippen LogP contribution in [0.1, 0.15) is 36.8 Å². The number of carboxylic acid groups (broad SMARTS) is 1. The SMILES string of the molecule is CN1CCN(Cc2ccc(C3(C(=O)O)CCCC3)cc2)CC1. The number of carboxylic acids is 1. The van der Waals surface area contributed by atoms with Crippen LogP contribution in [0.2, 0.25) is 0 Å². The molecular weight excluding hydrogens is 276 g/mol. The van der Waals surface area contributed by atoms with Crippen molar-refractivity contribution < 1.29 is 9.90 Å². The van der Waals surface area contributed by atoms with Crippen molar-refractivity contribution >= 4 is 5.97 Å². The predicted octanol–water partition coefficient (Wildman–Crippen LogP) is 2.33. The number of rotatable bonds is 4. The lowest BCUT2D eigenvalue weighted by Crippen LogP contribution is -2.43. The van der Waals surface area contributed by atoms with Crippen LogP contribution in [-0.4, -0.2) is 54.1 Å². The second-order valence-electron chi connectivity index (χ2n) is 6.87. The van der Waals surface area contributed by atoms with Crippen LogP contribution in [0.15, 0.2) is 24.3 Å². The zero-order valence-corrected chi connectivity index (χ0v) is 13.4. The summed E-state index contributed by atoms with van der Waals surface area (Å²) in [5.74, 6) is -0.656. The molecule has 3 rings (SSSR count). The molecule has 0 atom stereocenters. The van der Waals surface area contributed by atoms with Crippen molar-refractivity contribution in [2.45, 2.75) is 37.6 Å². The highest BCUT2D eigenvalue weighted by Crippen LogP contribution is 2.41. The maximum atomic E-state index is 11.7. The molecule has 1 aliphatic heterocycles. The van der Waals surface area contributed by atoms with E-state index >= 15 is 0 Å². The van der Waals surface area contributed by atoms with Crippen LogP contribution in [0.25, 0.3) is 0 Å². The van der Waals surface area contributed by atoms with Crippen LogP contribution >= 0.6 is 0 Å². The summed E-state index contributed by atoms with van der Waals surface area (Å²) in [5, 5.41) is 9.66.